The number of hydrogen-bond acceptors (Lipinski definition) is 5. The van der Waals surface area contributed by atoms with E-state index in [0.717, 1.165) is 11.1 Å². The predicted molar refractivity (Wildman–Crippen MR) is 113 cm³/mol. The van der Waals surface area contributed by atoms with Gasteiger partial charge in [-0.25, -0.2) is 9.59 Å². The maximum absolute atomic E-state index is 12.0. The first-order valence-corrected chi connectivity index (χ1v) is 9.50. The average molecular weight is 395 g/mol. The summed E-state index contributed by atoms with van der Waals surface area (Å²) in [5.41, 5.74) is 2.37. The van der Waals surface area contributed by atoms with Crippen LogP contribution in [0.1, 0.15) is 38.8 Å². The molecule has 0 saturated carbocycles. The Morgan fingerprint density at radius 3 is 2.45 bits per heavy atom. The fourth-order valence-electron chi connectivity index (χ4n) is 2.92. The molecular formula is C23H25NO5. The Hall–Kier alpha value is -3.28. The molecule has 0 bridgehead atoms. The molecule has 0 aliphatic heterocycles. The highest BCUT2D eigenvalue weighted by Gasteiger charge is 2.13. The van der Waals surface area contributed by atoms with Gasteiger partial charge >= 0.3 is 11.7 Å². The summed E-state index contributed by atoms with van der Waals surface area (Å²) in [6.45, 7) is 8.69. The van der Waals surface area contributed by atoms with E-state index in [2.05, 4.69) is 26.1 Å². The fourth-order valence-corrected chi connectivity index (χ4v) is 2.92. The van der Waals surface area contributed by atoms with Crippen molar-refractivity contribution in [2.75, 3.05) is 11.9 Å². The Balaban J connectivity index is 1.80. The van der Waals surface area contributed by atoms with Crippen molar-refractivity contribution in [2.45, 2.75) is 39.7 Å². The number of hydrogen-bond donors (Lipinski definition) is 1. The standard InChI is InChI=1S/C23H25NO5/c1-5-27-22(26)24-17-8-11-19-15(12-21(25)29-20(19)13-17)14-28-18-9-6-16(7-10-18)23(2,3)4/h6-13H,5,14H2,1-4H3,(H,24,26). The highest BCUT2D eigenvalue weighted by atomic mass is 16.5. The van der Waals surface area contributed by atoms with Crippen LogP contribution in [0.3, 0.4) is 0 Å². The fraction of sp³-hybridized carbons (Fsp3) is 0.304. The van der Waals surface area contributed by atoms with Crippen molar-refractivity contribution in [1.29, 1.82) is 0 Å². The summed E-state index contributed by atoms with van der Waals surface area (Å²) in [5, 5.41) is 3.34. The summed E-state index contributed by atoms with van der Waals surface area (Å²) in [6, 6.07) is 14.5. The number of carbonyl (C=O) groups excluding carboxylic acids is 1. The Kier molecular flexibility index (Phi) is 5.92. The van der Waals surface area contributed by atoms with E-state index in [4.69, 9.17) is 13.9 Å². The summed E-state index contributed by atoms with van der Waals surface area (Å²) < 4.78 is 16.0. The number of amides is 1. The van der Waals surface area contributed by atoms with Crippen molar-refractivity contribution in [3.05, 3.63) is 70.1 Å². The van der Waals surface area contributed by atoms with Gasteiger partial charge in [-0.15, -0.1) is 0 Å². The lowest BCUT2D eigenvalue weighted by molar-refractivity contribution is 0.168. The molecule has 2 aromatic carbocycles. The van der Waals surface area contributed by atoms with Gasteiger partial charge in [0.25, 0.3) is 0 Å². The van der Waals surface area contributed by atoms with Crippen LogP contribution in [0.2, 0.25) is 0 Å². The summed E-state index contributed by atoms with van der Waals surface area (Å²) in [6.07, 6.45) is -0.563. The van der Waals surface area contributed by atoms with E-state index >= 15 is 0 Å². The van der Waals surface area contributed by atoms with Gasteiger partial charge in [0, 0.05) is 28.8 Å². The van der Waals surface area contributed by atoms with Crippen LogP contribution in [0.4, 0.5) is 10.5 Å². The van der Waals surface area contributed by atoms with Crippen molar-refractivity contribution < 1.29 is 18.7 Å². The quantitative estimate of drug-likeness (QED) is 0.598. The molecule has 3 rings (SSSR count). The Bertz CT molecular complexity index is 1060. The third-order valence-electron chi connectivity index (χ3n) is 4.47. The highest BCUT2D eigenvalue weighted by molar-refractivity contribution is 5.89. The van der Waals surface area contributed by atoms with Crippen LogP contribution in [0.15, 0.2) is 57.7 Å². The molecule has 6 nitrogen and oxygen atoms in total. The molecule has 6 heteroatoms. The molecule has 0 aliphatic carbocycles. The first-order valence-electron chi connectivity index (χ1n) is 9.50. The third kappa shape index (κ3) is 5.16. The van der Waals surface area contributed by atoms with Gasteiger partial charge in [0.1, 0.15) is 17.9 Å². The van der Waals surface area contributed by atoms with Crippen LogP contribution >= 0.6 is 0 Å². The molecule has 0 saturated heterocycles. The number of rotatable bonds is 5. The average Bonchev–Trinajstić information content (AvgIpc) is 2.65. The molecule has 1 N–H and O–H groups in total. The summed E-state index contributed by atoms with van der Waals surface area (Å²) in [4.78, 5) is 23.6. The molecule has 0 radical (unpaired) electrons. The van der Waals surface area contributed by atoms with Gasteiger partial charge in [0.2, 0.25) is 0 Å². The van der Waals surface area contributed by atoms with Crippen LogP contribution in [-0.2, 0) is 16.8 Å². The SMILES string of the molecule is CCOC(=O)Nc1ccc2c(COc3ccc(C(C)(C)C)cc3)cc(=O)oc2c1. The second kappa shape index (κ2) is 8.39. The van der Waals surface area contributed by atoms with Crippen molar-refractivity contribution in [3.63, 3.8) is 0 Å². The lowest BCUT2D eigenvalue weighted by atomic mass is 9.87. The van der Waals surface area contributed by atoms with Gasteiger partial charge in [-0.1, -0.05) is 32.9 Å². The van der Waals surface area contributed by atoms with E-state index in [1.807, 2.05) is 24.3 Å². The van der Waals surface area contributed by atoms with Crippen molar-refractivity contribution in [1.82, 2.24) is 0 Å². The van der Waals surface area contributed by atoms with Crippen LogP contribution in [0.25, 0.3) is 11.0 Å². The van der Waals surface area contributed by atoms with Gasteiger partial charge in [-0.2, -0.15) is 0 Å². The van der Waals surface area contributed by atoms with E-state index in [9.17, 15) is 9.59 Å². The lowest BCUT2D eigenvalue weighted by Gasteiger charge is -2.19. The minimum absolute atomic E-state index is 0.0718. The maximum Gasteiger partial charge on any atom is 0.411 e. The largest absolute Gasteiger partial charge is 0.489 e. The highest BCUT2D eigenvalue weighted by Crippen LogP contribution is 2.26. The Morgan fingerprint density at radius 1 is 1.07 bits per heavy atom. The first kappa shape index (κ1) is 20.5. The molecule has 0 spiro atoms. The molecule has 152 valence electrons. The summed E-state index contributed by atoms with van der Waals surface area (Å²) in [7, 11) is 0. The van der Waals surface area contributed by atoms with Crippen LogP contribution in [0.5, 0.6) is 5.75 Å². The van der Waals surface area contributed by atoms with Gasteiger partial charge in [0.05, 0.1) is 6.61 Å². The third-order valence-corrected chi connectivity index (χ3v) is 4.47. The second-order valence-electron chi connectivity index (χ2n) is 7.71. The van der Waals surface area contributed by atoms with Gasteiger partial charge in [-0.05, 0) is 42.2 Å². The molecule has 29 heavy (non-hydrogen) atoms. The number of benzene rings is 2. The van der Waals surface area contributed by atoms with E-state index in [1.54, 1.807) is 25.1 Å². The molecule has 1 amide bonds. The number of ether oxygens (including phenoxy) is 2. The minimum atomic E-state index is -0.563. The molecule has 0 aliphatic rings. The summed E-state index contributed by atoms with van der Waals surface area (Å²) in [5.74, 6) is 0.722. The maximum atomic E-state index is 12.0. The number of anilines is 1. The van der Waals surface area contributed by atoms with Crippen molar-refractivity contribution in [2.24, 2.45) is 0 Å². The molecule has 1 heterocycles. The van der Waals surface area contributed by atoms with Crippen LogP contribution < -0.4 is 15.7 Å². The van der Waals surface area contributed by atoms with Crippen molar-refractivity contribution in [3.8, 4) is 5.75 Å². The molecular weight excluding hydrogens is 370 g/mol. The van der Waals surface area contributed by atoms with E-state index < -0.39 is 11.7 Å². The smallest absolute Gasteiger partial charge is 0.411 e. The van der Waals surface area contributed by atoms with Gasteiger partial charge in [0.15, 0.2) is 0 Å². The monoisotopic (exact) mass is 395 g/mol. The minimum Gasteiger partial charge on any atom is -0.489 e. The number of nitrogens with one attached hydrogen (secondary N) is 1. The van der Waals surface area contributed by atoms with Gasteiger partial charge < -0.3 is 13.9 Å². The normalized spacial score (nSPS) is 11.3. The summed E-state index contributed by atoms with van der Waals surface area (Å²) >= 11 is 0. The molecule has 3 aromatic rings. The topological polar surface area (TPSA) is 77.8 Å². The zero-order valence-corrected chi connectivity index (χ0v) is 17.1. The predicted octanol–water partition coefficient (Wildman–Crippen LogP) is 5.24. The van der Waals surface area contributed by atoms with Crippen LogP contribution in [-0.4, -0.2) is 12.7 Å². The zero-order chi connectivity index (χ0) is 21.0. The Labute approximate surface area is 169 Å². The number of carbonyl (C=O) groups is 1. The molecule has 0 fully saturated rings. The molecule has 0 atom stereocenters. The molecule has 0 unspecified atom stereocenters. The lowest BCUT2D eigenvalue weighted by Crippen LogP contribution is -2.13. The van der Waals surface area contributed by atoms with Crippen molar-refractivity contribution >= 4 is 22.7 Å². The van der Waals surface area contributed by atoms with Gasteiger partial charge in [-0.3, -0.25) is 5.32 Å². The van der Waals surface area contributed by atoms with E-state index in [-0.39, 0.29) is 18.6 Å². The number of fused-ring (bicyclic) bond motifs is 1. The Morgan fingerprint density at radius 2 is 1.79 bits per heavy atom. The van der Waals surface area contributed by atoms with E-state index in [0.29, 0.717) is 16.8 Å². The van der Waals surface area contributed by atoms with Crippen LogP contribution in [0, 0.1) is 0 Å². The molecule has 1 aromatic heterocycles. The first-order chi connectivity index (χ1) is 13.8. The van der Waals surface area contributed by atoms with E-state index in [1.165, 1.54) is 11.6 Å². The zero-order valence-electron chi connectivity index (χ0n) is 17.1. The second-order valence-corrected chi connectivity index (χ2v) is 7.71.